The quantitative estimate of drug-likeness (QED) is 0.839. The molecule has 0 radical (unpaired) electrons. The Hall–Kier alpha value is -0.280. The fourth-order valence-corrected chi connectivity index (χ4v) is 1.55. The van der Waals surface area contributed by atoms with Gasteiger partial charge in [0.2, 0.25) is 0 Å². The first-order valence-corrected chi connectivity index (χ1v) is 5.31. The molecule has 0 aliphatic heterocycles. The van der Waals surface area contributed by atoms with Crippen molar-refractivity contribution in [3.05, 3.63) is 33.8 Å². The Balaban J connectivity index is 2.70. The molecule has 14 heavy (non-hydrogen) atoms. The van der Waals surface area contributed by atoms with Gasteiger partial charge in [0.05, 0.1) is 10.0 Å². The molecule has 0 spiro atoms. The third-order valence-corrected chi connectivity index (χ3v) is 2.83. The normalized spacial score (nSPS) is 12.9. The van der Waals surface area contributed by atoms with E-state index >= 15 is 0 Å². The second kappa shape index (κ2) is 5.56. The van der Waals surface area contributed by atoms with Crippen molar-refractivity contribution in [2.24, 2.45) is 11.5 Å². The molecule has 1 atom stereocenters. The summed E-state index contributed by atoms with van der Waals surface area (Å²) in [5.74, 6) is 0. The first kappa shape index (κ1) is 11.8. The van der Waals surface area contributed by atoms with Crippen LogP contribution in [0, 0.1) is 0 Å². The van der Waals surface area contributed by atoms with Gasteiger partial charge < -0.3 is 11.5 Å². The van der Waals surface area contributed by atoms with Crippen LogP contribution < -0.4 is 11.5 Å². The van der Waals surface area contributed by atoms with E-state index in [0.29, 0.717) is 16.6 Å². The molecule has 1 aromatic carbocycles. The average molecular weight is 233 g/mol. The highest BCUT2D eigenvalue weighted by Crippen LogP contribution is 2.26. The van der Waals surface area contributed by atoms with Gasteiger partial charge in [-0.1, -0.05) is 29.3 Å². The third kappa shape index (κ3) is 3.14. The molecule has 4 N–H and O–H groups in total. The van der Waals surface area contributed by atoms with Crippen molar-refractivity contribution in [1.82, 2.24) is 0 Å². The van der Waals surface area contributed by atoms with E-state index in [-0.39, 0.29) is 6.04 Å². The molecule has 0 saturated heterocycles. The van der Waals surface area contributed by atoms with Crippen molar-refractivity contribution in [2.75, 3.05) is 6.54 Å². The summed E-state index contributed by atoms with van der Waals surface area (Å²) in [6.07, 6.45) is 1.79. The lowest BCUT2D eigenvalue weighted by Crippen LogP contribution is -2.12. The van der Waals surface area contributed by atoms with E-state index in [2.05, 4.69) is 0 Å². The molecular weight excluding hydrogens is 219 g/mol. The third-order valence-electron chi connectivity index (χ3n) is 2.09. The summed E-state index contributed by atoms with van der Waals surface area (Å²) in [4.78, 5) is 0. The van der Waals surface area contributed by atoms with E-state index in [1.54, 1.807) is 6.07 Å². The number of benzene rings is 1. The molecule has 78 valence electrons. The molecule has 2 nitrogen and oxygen atoms in total. The number of hydrogen-bond donors (Lipinski definition) is 2. The molecule has 0 amide bonds. The summed E-state index contributed by atoms with van der Waals surface area (Å²) in [6.45, 7) is 0.662. The Kier molecular flexibility index (Phi) is 4.69. The van der Waals surface area contributed by atoms with Crippen LogP contribution in [0.3, 0.4) is 0 Å². The largest absolute Gasteiger partial charge is 0.330 e. The molecule has 0 saturated carbocycles. The number of halogens is 2. The summed E-state index contributed by atoms with van der Waals surface area (Å²) in [5.41, 5.74) is 12.4. The Bertz CT molecular complexity index is 302. The van der Waals surface area contributed by atoms with Gasteiger partial charge in [-0.25, -0.2) is 0 Å². The zero-order valence-corrected chi connectivity index (χ0v) is 9.35. The number of nitrogens with two attached hydrogens (primary N) is 2. The van der Waals surface area contributed by atoms with Gasteiger partial charge in [-0.15, -0.1) is 0 Å². The SMILES string of the molecule is NCCCC(N)c1ccc(Cl)c(Cl)c1. The second-order valence-corrected chi connectivity index (χ2v) is 4.03. The van der Waals surface area contributed by atoms with Crippen molar-refractivity contribution >= 4 is 23.2 Å². The second-order valence-electron chi connectivity index (χ2n) is 3.21. The molecule has 4 heteroatoms. The van der Waals surface area contributed by atoms with Crippen molar-refractivity contribution in [2.45, 2.75) is 18.9 Å². The number of rotatable bonds is 4. The highest BCUT2D eigenvalue weighted by Gasteiger charge is 2.07. The minimum Gasteiger partial charge on any atom is -0.330 e. The molecule has 0 bridgehead atoms. The highest BCUT2D eigenvalue weighted by molar-refractivity contribution is 6.42. The van der Waals surface area contributed by atoms with Gasteiger partial charge in [-0.2, -0.15) is 0 Å². The van der Waals surface area contributed by atoms with Crippen LogP contribution >= 0.6 is 23.2 Å². The minimum absolute atomic E-state index is 0.00619. The van der Waals surface area contributed by atoms with Crippen LogP contribution in [0.15, 0.2) is 18.2 Å². The zero-order chi connectivity index (χ0) is 10.6. The average Bonchev–Trinajstić information content (AvgIpc) is 2.18. The Morgan fingerprint density at radius 3 is 2.50 bits per heavy atom. The van der Waals surface area contributed by atoms with E-state index in [4.69, 9.17) is 34.7 Å². The van der Waals surface area contributed by atoms with Crippen LogP contribution in [0.1, 0.15) is 24.4 Å². The number of hydrogen-bond acceptors (Lipinski definition) is 2. The predicted molar refractivity (Wildman–Crippen MR) is 61.7 cm³/mol. The Labute approximate surface area is 94.2 Å². The van der Waals surface area contributed by atoms with Crippen molar-refractivity contribution in [3.8, 4) is 0 Å². The van der Waals surface area contributed by atoms with Gasteiger partial charge in [-0.05, 0) is 37.1 Å². The van der Waals surface area contributed by atoms with Gasteiger partial charge >= 0.3 is 0 Å². The van der Waals surface area contributed by atoms with Crippen molar-refractivity contribution in [1.29, 1.82) is 0 Å². The molecule has 1 rings (SSSR count). The lowest BCUT2D eigenvalue weighted by Gasteiger charge is -2.11. The molecule has 0 heterocycles. The van der Waals surface area contributed by atoms with E-state index in [9.17, 15) is 0 Å². The van der Waals surface area contributed by atoms with Crippen LogP contribution in [0.25, 0.3) is 0 Å². The maximum atomic E-state index is 5.94. The van der Waals surface area contributed by atoms with Crippen LogP contribution in [-0.4, -0.2) is 6.54 Å². The Morgan fingerprint density at radius 1 is 1.21 bits per heavy atom. The van der Waals surface area contributed by atoms with Crippen LogP contribution in [0.2, 0.25) is 10.0 Å². The van der Waals surface area contributed by atoms with Gasteiger partial charge in [0.1, 0.15) is 0 Å². The summed E-state index contributed by atoms with van der Waals surface area (Å²) < 4.78 is 0. The van der Waals surface area contributed by atoms with Gasteiger partial charge in [0.25, 0.3) is 0 Å². The maximum absolute atomic E-state index is 5.94. The van der Waals surface area contributed by atoms with E-state index < -0.39 is 0 Å². The lowest BCUT2D eigenvalue weighted by molar-refractivity contribution is 0.618. The fraction of sp³-hybridized carbons (Fsp3) is 0.400. The van der Waals surface area contributed by atoms with E-state index in [1.165, 1.54) is 0 Å². The summed E-state index contributed by atoms with van der Waals surface area (Å²) in [6, 6.07) is 5.47. The predicted octanol–water partition coefficient (Wildman–Crippen LogP) is 2.73. The van der Waals surface area contributed by atoms with E-state index in [0.717, 1.165) is 18.4 Å². The summed E-state index contributed by atoms with van der Waals surface area (Å²) in [7, 11) is 0. The van der Waals surface area contributed by atoms with Crippen LogP contribution in [-0.2, 0) is 0 Å². The molecule has 0 fully saturated rings. The van der Waals surface area contributed by atoms with Crippen LogP contribution in [0.5, 0.6) is 0 Å². The standard InChI is InChI=1S/C10H14Cl2N2/c11-8-4-3-7(6-9(8)12)10(14)2-1-5-13/h3-4,6,10H,1-2,5,13-14H2. The molecule has 0 aliphatic rings. The van der Waals surface area contributed by atoms with Crippen LogP contribution in [0.4, 0.5) is 0 Å². The first-order chi connectivity index (χ1) is 6.65. The monoisotopic (exact) mass is 232 g/mol. The summed E-state index contributed by atoms with van der Waals surface area (Å²) in [5, 5.41) is 1.11. The smallest absolute Gasteiger partial charge is 0.0595 e. The minimum atomic E-state index is -0.00619. The maximum Gasteiger partial charge on any atom is 0.0595 e. The van der Waals surface area contributed by atoms with E-state index in [1.807, 2.05) is 12.1 Å². The molecule has 1 aromatic rings. The lowest BCUT2D eigenvalue weighted by atomic mass is 10.0. The van der Waals surface area contributed by atoms with Gasteiger partial charge in [-0.3, -0.25) is 0 Å². The van der Waals surface area contributed by atoms with Gasteiger partial charge in [0, 0.05) is 6.04 Å². The molecule has 0 aliphatic carbocycles. The first-order valence-electron chi connectivity index (χ1n) is 4.55. The topological polar surface area (TPSA) is 52.0 Å². The van der Waals surface area contributed by atoms with Crippen molar-refractivity contribution in [3.63, 3.8) is 0 Å². The highest BCUT2D eigenvalue weighted by atomic mass is 35.5. The summed E-state index contributed by atoms with van der Waals surface area (Å²) >= 11 is 11.7. The molecular formula is C10H14Cl2N2. The van der Waals surface area contributed by atoms with Crippen molar-refractivity contribution < 1.29 is 0 Å². The Morgan fingerprint density at radius 2 is 1.93 bits per heavy atom. The zero-order valence-electron chi connectivity index (χ0n) is 7.84. The molecule has 1 unspecified atom stereocenters. The fourth-order valence-electron chi connectivity index (χ4n) is 1.25. The van der Waals surface area contributed by atoms with Gasteiger partial charge in [0.15, 0.2) is 0 Å². The molecule has 0 aromatic heterocycles.